The summed E-state index contributed by atoms with van der Waals surface area (Å²) in [6.45, 7) is 3.81. The Morgan fingerprint density at radius 2 is 1.75 bits per heavy atom. The van der Waals surface area contributed by atoms with Crippen molar-refractivity contribution in [3.63, 3.8) is 0 Å². The van der Waals surface area contributed by atoms with Crippen molar-refractivity contribution in [2.24, 2.45) is 0 Å². The van der Waals surface area contributed by atoms with E-state index in [1.54, 1.807) is 29.1 Å². The van der Waals surface area contributed by atoms with Gasteiger partial charge in [0.25, 0.3) is 0 Å². The highest BCUT2D eigenvalue weighted by Crippen LogP contribution is 2.25. The number of hydrogen-bond donors (Lipinski definition) is 0. The molecule has 0 bridgehead atoms. The van der Waals surface area contributed by atoms with E-state index in [0.29, 0.717) is 5.69 Å². The van der Waals surface area contributed by atoms with Gasteiger partial charge in [0.05, 0.1) is 35.7 Å². The van der Waals surface area contributed by atoms with E-state index in [2.05, 4.69) is 10.1 Å². The van der Waals surface area contributed by atoms with Gasteiger partial charge < -0.3 is 4.90 Å². The molecule has 162 valence electrons. The summed E-state index contributed by atoms with van der Waals surface area (Å²) in [5.74, 6) is -1.84. The first-order valence-corrected chi connectivity index (χ1v) is 10.2. The first-order valence-electron chi connectivity index (χ1n) is 10.2. The van der Waals surface area contributed by atoms with Crippen LogP contribution in [-0.4, -0.2) is 20.7 Å². The third kappa shape index (κ3) is 4.42. The molecular weight excluding hydrogens is 410 g/mol. The van der Waals surface area contributed by atoms with Gasteiger partial charge in [-0.3, -0.25) is 9.78 Å². The maximum absolute atomic E-state index is 14.6. The molecule has 4 aromatic rings. The highest BCUT2D eigenvalue weighted by atomic mass is 19.1. The summed E-state index contributed by atoms with van der Waals surface area (Å²) >= 11 is 0. The van der Waals surface area contributed by atoms with Crippen LogP contribution in [0.15, 0.2) is 72.9 Å². The number of rotatable bonds is 6. The zero-order chi connectivity index (χ0) is 22.7. The number of anilines is 1. The predicted molar refractivity (Wildman–Crippen MR) is 119 cm³/mol. The zero-order valence-electron chi connectivity index (χ0n) is 17.8. The molecular formula is C25H22F2N4O. The van der Waals surface area contributed by atoms with Gasteiger partial charge >= 0.3 is 0 Å². The average molecular weight is 432 g/mol. The number of halogens is 2. The molecule has 0 saturated carbocycles. The number of benzene rings is 2. The van der Waals surface area contributed by atoms with E-state index in [-0.39, 0.29) is 24.6 Å². The van der Waals surface area contributed by atoms with Crippen molar-refractivity contribution in [3.8, 4) is 5.69 Å². The number of para-hydroxylation sites is 1. The van der Waals surface area contributed by atoms with Crippen LogP contribution in [0.25, 0.3) is 5.69 Å². The number of pyridine rings is 1. The Balaban J connectivity index is 1.68. The highest BCUT2D eigenvalue weighted by Gasteiger charge is 2.24. The van der Waals surface area contributed by atoms with E-state index in [0.717, 1.165) is 34.8 Å². The molecule has 0 atom stereocenters. The molecule has 2 heterocycles. The standard InChI is InChI=1S/C25H22F2N4O/c1-17-22(18(2)31(29-17)21-9-4-3-5-10-21)15-25(32)30(16-20-8-6-7-13-28-20)24-12-11-19(26)14-23(24)27/h3-14H,15-16H2,1-2H3. The fourth-order valence-electron chi connectivity index (χ4n) is 3.66. The minimum Gasteiger partial charge on any atom is -0.303 e. The van der Waals surface area contributed by atoms with Crippen LogP contribution < -0.4 is 4.90 Å². The molecule has 7 heteroatoms. The third-order valence-corrected chi connectivity index (χ3v) is 5.32. The molecule has 0 fully saturated rings. The Kier molecular flexibility index (Phi) is 6.07. The molecule has 0 aliphatic rings. The molecule has 0 radical (unpaired) electrons. The molecule has 0 aliphatic heterocycles. The first-order chi connectivity index (χ1) is 15.4. The molecule has 0 spiro atoms. The normalized spacial score (nSPS) is 10.9. The lowest BCUT2D eigenvalue weighted by atomic mass is 10.1. The lowest BCUT2D eigenvalue weighted by Gasteiger charge is -2.23. The van der Waals surface area contributed by atoms with E-state index in [9.17, 15) is 13.6 Å². The van der Waals surface area contributed by atoms with Gasteiger partial charge in [-0.15, -0.1) is 0 Å². The summed E-state index contributed by atoms with van der Waals surface area (Å²) in [7, 11) is 0. The summed E-state index contributed by atoms with van der Waals surface area (Å²) in [4.78, 5) is 19.0. The lowest BCUT2D eigenvalue weighted by Crippen LogP contribution is -2.33. The van der Waals surface area contributed by atoms with Gasteiger partial charge in [0, 0.05) is 23.5 Å². The molecule has 2 aromatic carbocycles. The fourth-order valence-corrected chi connectivity index (χ4v) is 3.66. The highest BCUT2D eigenvalue weighted by molar-refractivity contribution is 5.95. The van der Waals surface area contributed by atoms with Crippen molar-refractivity contribution in [2.75, 3.05) is 4.90 Å². The van der Waals surface area contributed by atoms with Crippen LogP contribution >= 0.6 is 0 Å². The molecule has 0 unspecified atom stereocenters. The van der Waals surface area contributed by atoms with E-state index in [1.165, 1.54) is 11.0 Å². The molecule has 0 saturated heterocycles. The van der Waals surface area contributed by atoms with Gasteiger partial charge in [0.2, 0.25) is 5.91 Å². The number of nitrogens with zero attached hydrogens (tertiary/aromatic N) is 4. The molecule has 2 aromatic heterocycles. The van der Waals surface area contributed by atoms with Crippen molar-refractivity contribution in [3.05, 3.63) is 107 Å². The number of amides is 1. The maximum atomic E-state index is 14.6. The van der Waals surface area contributed by atoms with E-state index < -0.39 is 11.6 Å². The monoisotopic (exact) mass is 432 g/mol. The Labute approximate surface area is 185 Å². The molecule has 0 aliphatic carbocycles. The number of hydrogen-bond acceptors (Lipinski definition) is 3. The van der Waals surface area contributed by atoms with Gasteiger partial charge in [0.1, 0.15) is 11.6 Å². The minimum atomic E-state index is -0.803. The van der Waals surface area contributed by atoms with Crippen molar-refractivity contribution in [1.29, 1.82) is 0 Å². The number of aryl methyl sites for hydroxylation is 1. The van der Waals surface area contributed by atoms with Crippen LogP contribution in [0.4, 0.5) is 14.5 Å². The lowest BCUT2D eigenvalue weighted by molar-refractivity contribution is -0.118. The summed E-state index contributed by atoms with van der Waals surface area (Å²) in [5.41, 5.74) is 3.82. The largest absolute Gasteiger partial charge is 0.303 e. The number of carbonyl (C=O) groups excluding carboxylic acids is 1. The number of aromatic nitrogens is 3. The van der Waals surface area contributed by atoms with Crippen LogP contribution in [0, 0.1) is 25.5 Å². The summed E-state index contributed by atoms with van der Waals surface area (Å²) < 4.78 is 29.9. The Morgan fingerprint density at radius 1 is 1.00 bits per heavy atom. The SMILES string of the molecule is Cc1nn(-c2ccccc2)c(C)c1CC(=O)N(Cc1ccccn1)c1ccc(F)cc1F. The van der Waals surface area contributed by atoms with Gasteiger partial charge in [-0.2, -0.15) is 5.10 Å². The molecule has 4 rings (SSSR count). The Hall–Kier alpha value is -3.87. The molecule has 32 heavy (non-hydrogen) atoms. The molecule has 5 nitrogen and oxygen atoms in total. The van der Waals surface area contributed by atoms with Crippen molar-refractivity contribution < 1.29 is 13.6 Å². The Morgan fingerprint density at radius 3 is 2.44 bits per heavy atom. The quantitative estimate of drug-likeness (QED) is 0.434. The second-order valence-corrected chi connectivity index (χ2v) is 7.47. The topological polar surface area (TPSA) is 51.0 Å². The second kappa shape index (κ2) is 9.09. The third-order valence-electron chi connectivity index (χ3n) is 5.32. The van der Waals surface area contributed by atoms with Crippen LogP contribution in [0.5, 0.6) is 0 Å². The van der Waals surface area contributed by atoms with Crippen molar-refractivity contribution in [1.82, 2.24) is 14.8 Å². The molecule has 0 N–H and O–H groups in total. The van der Waals surface area contributed by atoms with E-state index in [1.807, 2.05) is 44.2 Å². The van der Waals surface area contributed by atoms with Crippen molar-refractivity contribution in [2.45, 2.75) is 26.8 Å². The fraction of sp³-hybridized carbons (Fsp3) is 0.160. The smallest absolute Gasteiger partial charge is 0.231 e. The van der Waals surface area contributed by atoms with Crippen LogP contribution in [0.2, 0.25) is 0 Å². The second-order valence-electron chi connectivity index (χ2n) is 7.47. The van der Waals surface area contributed by atoms with Crippen molar-refractivity contribution >= 4 is 11.6 Å². The predicted octanol–water partition coefficient (Wildman–Crippen LogP) is 4.94. The average Bonchev–Trinajstić information content (AvgIpc) is 3.07. The summed E-state index contributed by atoms with van der Waals surface area (Å²) in [5, 5.41) is 4.59. The first kappa shape index (κ1) is 21.4. The maximum Gasteiger partial charge on any atom is 0.231 e. The van der Waals surface area contributed by atoms with Gasteiger partial charge in [-0.1, -0.05) is 24.3 Å². The van der Waals surface area contributed by atoms with Crippen LogP contribution in [-0.2, 0) is 17.8 Å². The summed E-state index contributed by atoms with van der Waals surface area (Å²) in [6, 6.07) is 18.1. The zero-order valence-corrected chi connectivity index (χ0v) is 17.8. The van der Waals surface area contributed by atoms with Gasteiger partial charge in [-0.05, 0) is 50.2 Å². The van der Waals surface area contributed by atoms with E-state index in [4.69, 9.17) is 0 Å². The number of carbonyl (C=O) groups is 1. The summed E-state index contributed by atoms with van der Waals surface area (Å²) in [6.07, 6.45) is 1.63. The van der Waals surface area contributed by atoms with Gasteiger partial charge in [-0.25, -0.2) is 13.5 Å². The van der Waals surface area contributed by atoms with E-state index >= 15 is 0 Å². The van der Waals surface area contributed by atoms with Crippen LogP contribution in [0.3, 0.4) is 0 Å². The minimum absolute atomic E-state index is 0.00723. The van der Waals surface area contributed by atoms with Crippen LogP contribution in [0.1, 0.15) is 22.6 Å². The van der Waals surface area contributed by atoms with Gasteiger partial charge in [0.15, 0.2) is 0 Å². The molecule has 1 amide bonds. The Bertz CT molecular complexity index is 1240.